The molecule has 0 nitrogen and oxygen atoms in total. The summed E-state index contributed by atoms with van der Waals surface area (Å²) >= 11 is 0. The summed E-state index contributed by atoms with van der Waals surface area (Å²) in [5.41, 5.74) is 5.42. The van der Waals surface area contributed by atoms with Gasteiger partial charge in [0.25, 0.3) is 0 Å². The van der Waals surface area contributed by atoms with Gasteiger partial charge < -0.3 is 0 Å². The average Bonchev–Trinajstić information content (AvgIpc) is 2.40. The van der Waals surface area contributed by atoms with E-state index in [9.17, 15) is 0 Å². The molecule has 0 aromatic heterocycles. The molecule has 0 aliphatic rings. The summed E-state index contributed by atoms with van der Waals surface area (Å²) in [5.74, 6) is 0. The van der Waals surface area contributed by atoms with Crippen LogP contribution in [0.5, 0.6) is 0 Å². The van der Waals surface area contributed by atoms with Crippen LogP contribution < -0.4 is 0 Å². The van der Waals surface area contributed by atoms with E-state index in [4.69, 9.17) is 0 Å². The zero-order valence-corrected chi connectivity index (χ0v) is 11.2. The topological polar surface area (TPSA) is 0 Å². The van der Waals surface area contributed by atoms with Crippen LogP contribution in [0.25, 0.3) is 6.08 Å². The van der Waals surface area contributed by atoms with E-state index >= 15 is 0 Å². The van der Waals surface area contributed by atoms with Gasteiger partial charge in [0.1, 0.15) is 0 Å². The first-order valence-electron chi connectivity index (χ1n) is 6.53. The van der Waals surface area contributed by atoms with Gasteiger partial charge in [0.2, 0.25) is 0 Å². The number of allylic oxidation sites excluding steroid dienone is 1. The molecule has 0 atom stereocenters. The third-order valence-corrected chi connectivity index (χ3v) is 3.28. The van der Waals surface area contributed by atoms with E-state index in [0.717, 1.165) is 12.8 Å². The minimum atomic E-state index is 1.09. The molecule has 0 unspecified atom stereocenters. The molecule has 2 aromatic rings. The maximum Gasteiger partial charge on any atom is -0.0244 e. The van der Waals surface area contributed by atoms with E-state index in [1.54, 1.807) is 0 Å². The molecular weight excluding hydrogens is 216 g/mol. The lowest BCUT2D eigenvalue weighted by Gasteiger charge is -2.01. The molecule has 0 bridgehead atoms. The zero-order valence-electron chi connectivity index (χ0n) is 11.2. The second-order valence-corrected chi connectivity index (χ2v) is 4.77. The number of hydrogen-bond acceptors (Lipinski definition) is 0. The fourth-order valence-corrected chi connectivity index (χ4v) is 1.98. The monoisotopic (exact) mass is 236 g/mol. The van der Waals surface area contributed by atoms with Crippen LogP contribution in [-0.2, 0) is 6.42 Å². The Morgan fingerprint density at radius 3 is 2.39 bits per heavy atom. The van der Waals surface area contributed by atoms with E-state index in [2.05, 4.69) is 74.5 Å². The Hall–Kier alpha value is -1.82. The number of rotatable bonds is 4. The van der Waals surface area contributed by atoms with E-state index < -0.39 is 0 Å². The Kier molecular flexibility index (Phi) is 4.35. The molecule has 18 heavy (non-hydrogen) atoms. The Morgan fingerprint density at radius 2 is 1.67 bits per heavy atom. The summed E-state index contributed by atoms with van der Waals surface area (Å²) < 4.78 is 0. The summed E-state index contributed by atoms with van der Waals surface area (Å²) in [6.45, 7) is 4.31. The highest BCUT2D eigenvalue weighted by Gasteiger charge is 1.93. The van der Waals surface area contributed by atoms with Crippen molar-refractivity contribution in [2.45, 2.75) is 26.7 Å². The molecule has 0 aliphatic heterocycles. The molecule has 2 rings (SSSR count). The Balaban J connectivity index is 1.90. The molecular formula is C18H20. The first-order valence-corrected chi connectivity index (χ1v) is 6.53. The number of hydrogen-bond donors (Lipinski definition) is 0. The van der Waals surface area contributed by atoms with Crippen molar-refractivity contribution >= 4 is 6.08 Å². The second-order valence-electron chi connectivity index (χ2n) is 4.77. The van der Waals surface area contributed by atoms with E-state index in [0.29, 0.717) is 0 Å². The highest BCUT2D eigenvalue weighted by atomic mass is 14.0. The van der Waals surface area contributed by atoms with Gasteiger partial charge in [-0.1, -0.05) is 60.7 Å². The van der Waals surface area contributed by atoms with E-state index in [-0.39, 0.29) is 0 Å². The quantitative estimate of drug-likeness (QED) is 0.704. The van der Waals surface area contributed by atoms with Crippen LogP contribution in [0.4, 0.5) is 0 Å². The Bertz CT molecular complexity index is 521. The van der Waals surface area contributed by atoms with Crippen molar-refractivity contribution in [1.29, 1.82) is 0 Å². The van der Waals surface area contributed by atoms with Crippen LogP contribution in [0.2, 0.25) is 0 Å². The van der Waals surface area contributed by atoms with Crippen molar-refractivity contribution in [3.63, 3.8) is 0 Å². The first kappa shape index (κ1) is 12.6. The van der Waals surface area contributed by atoms with Gasteiger partial charge in [-0.05, 0) is 48.9 Å². The summed E-state index contributed by atoms with van der Waals surface area (Å²) in [4.78, 5) is 0. The van der Waals surface area contributed by atoms with Crippen LogP contribution in [0.3, 0.4) is 0 Å². The maximum atomic E-state index is 2.26. The molecule has 0 saturated heterocycles. The second kappa shape index (κ2) is 6.20. The Morgan fingerprint density at radius 1 is 0.889 bits per heavy atom. The molecule has 0 fully saturated rings. The smallest absolute Gasteiger partial charge is 0.0244 e. The lowest BCUT2D eigenvalue weighted by molar-refractivity contribution is 1.01. The normalized spacial score (nSPS) is 11.0. The SMILES string of the molecule is Cc1ccc(/C=C/CCc2ccccc2)cc1C. The molecule has 0 heterocycles. The van der Waals surface area contributed by atoms with Gasteiger partial charge in [-0.25, -0.2) is 0 Å². The number of benzene rings is 2. The van der Waals surface area contributed by atoms with Gasteiger partial charge >= 0.3 is 0 Å². The largest absolute Gasteiger partial charge is 0.0836 e. The van der Waals surface area contributed by atoms with Gasteiger partial charge in [-0.3, -0.25) is 0 Å². The van der Waals surface area contributed by atoms with Crippen molar-refractivity contribution in [2.24, 2.45) is 0 Å². The number of aryl methyl sites for hydroxylation is 3. The lowest BCUT2D eigenvalue weighted by Crippen LogP contribution is -1.83. The van der Waals surface area contributed by atoms with Gasteiger partial charge in [-0.2, -0.15) is 0 Å². The summed E-state index contributed by atoms with van der Waals surface area (Å²) in [7, 11) is 0. The van der Waals surface area contributed by atoms with Gasteiger partial charge in [0.15, 0.2) is 0 Å². The fraction of sp³-hybridized carbons (Fsp3) is 0.222. The first-order chi connectivity index (χ1) is 8.75. The molecule has 2 aromatic carbocycles. The molecule has 0 saturated carbocycles. The molecule has 0 radical (unpaired) electrons. The standard InChI is InChI=1S/C18H20/c1-15-12-13-18(14-16(15)2)11-7-6-10-17-8-4-3-5-9-17/h3-5,7-9,11-14H,6,10H2,1-2H3/b11-7+. The van der Waals surface area contributed by atoms with Crippen molar-refractivity contribution in [3.05, 3.63) is 76.9 Å². The van der Waals surface area contributed by atoms with Gasteiger partial charge in [0.05, 0.1) is 0 Å². The van der Waals surface area contributed by atoms with E-state index in [1.165, 1.54) is 22.3 Å². The van der Waals surface area contributed by atoms with Crippen molar-refractivity contribution in [2.75, 3.05) is 0 Å². The van der Waals surface area contributed by atoms with Crippen LogP contribution in [-0.4, -0.2) is 0 Å². The summed E-state index contributed by atoms with van der Waals surface area (Å²) in [6.07, 6.45) is 6.69. The summed E-state index contributed by atoms with van der Waals surface area (Å²) in [6, 6.07) is 17.2. The van der Waals surface area contributed by atoms with Crippen molar-refractivity contribution in [3.8, 4) is 0 Å². The molecule has 0 heteroatoms. The molecule has 0 amide bonds. The molecule has 92 valence electrons. The van der Waals surface area contributed by atoms with Gasteiger partial charge in [-0.15, -0.1) is 0 Å². The predicted octanol–water partition coefficient (Wildman–Crippen LogP) is 4.95. The van der Waals surface area contributed by atoms with Crippen LogP contribution >= 0.6 is 0 Å². The minimum Gasteiger partial charge on any atom is -0.0836 e. The molecule has 0 aliphatic carbocycles. The molecule has 0 N–H and O–H groups in total. The maximum absolute atomic E-state index is 2.26. The third-order valence-electron chi connectivity index (χ3n) is 3.28. The van der Waals surface area contributed by atoms with Crippen molar-refractivity contribution in [1.82, 2.24) is 0 Å². The minimum absolute atomic E-state index is 1.09. The fourth-order valence-electron chi connectivity index (χ4n) is 1.98. The molecule has 0 spiro atoms. The van der Waals surface area contributed by atoms with Crippen LogP contribution in [0, 0.1) is 13.8 Å². The summed E-state index contributed by atoms with van der Waals surface area (Å²) in [5, 5.41) is 0. The lowest BCUT2D eigenvalue weighted by atomic mass is 10.1. The average molecular weight is 236 g/mol. The predicted molar refractivity (Wildman–Crippen MR) is 79.7 cm³/mol. The van der Waals surface area contributed by atoms with Crippen molar-refractivity contribution < 1.29 is 0 Å². The third kappa shape index (κ3) is 3.59. The Labute approximate surface area is 110 Å². The van der Waals surface area contributed by atoms with Crippen LogP contribution in [0.15, 0.2) is 54.6 Å². The highest BCUT2D eigenvalue weighted by molar-refractivity contribution is 5.51. The van der Waals surface area contributed by atoms with E-state index in [1.807, 2.05) is 0 Å². The van der Waals surface area contributed by atoms with Crippen LogP contribution in [0.1, 0.15) is 28.7 Å². The van der Waals surface area contributed by atoms with Gasteiger partial charge in [0, 0.05) is 0 Å². The highest BCUT2D eigenvalue weighted by Crippen LogP contribution is 2.12. The zero-order chi connectivity index (χ0) is 12.8.